The lowest BCUT2D eigenvalue weighted by molar-refractivity contribution is -0.143. The van der Waals surface area contributed by atoms with E-state index < -0.39 is 16.1 Å². The maximum atomic E-state index is 14.3. The quantitative estimate of drug-likeness (QED) is 0.225. The van der Waals surface area contributed by atoms with Gasteiger partial charge in [-0.1, -0.05) is 39.0 Å². The number of halogens is 1. The van der Waals surface area contributed by atoms with E-state index in [1.807, 2.05) is 37.3 Å². The number of sulfonamides is 1. The van der Waals surface area contributed by atoms with Gasteiger partial charge in [0.2, 0.25) is 15.9 Å². The molecule has 1 aromatic heterocycles. The number of alkyl halides is 1. The smallest absolute Gasteiger partial charge is 0.306 e. The van der Waals surface area contributed by atoms with Crippen LogP contribution in [0.5, 0.6) is 0 Å². The zero-order valence-electron chi connectivity index (χ0n) is 26.9. The van der Waals surface area contributed by atoms with Gasteiger partial charge in [0, 0.05) is 32.5 Å². The minimum absolute atomic E-state index is 0.0705. The Morgan fingerprint density at radius 3 is 2.70 bits per heavy atom. The van der Waals surface area contributed by atoms with E-state index in [0.29, 0.717) is 69.0 Å². The first-order valence-electron chi connectivity index (χ1n) is 16.2. The van der Waals surface area contributed by atoms with E-state index in [2.05, 4.69) is 23.9 Å². The predicted molar refractivity (Wildman–Crippen MR) is 179 cm³/mol. The topological polar surface area (TPSA) is 118 Å². The molecule has 0 aliphatic carbocycles. The molecule has 2 aliphatic rings. The first-order valence-corrected chi connectivity index (χ1v) is 18.5. The van der Waals surface area contributed by atoms with E-state index in [0.717, 1.165) is 27.8 Å². The molecule has 1 amide bonds. The lowest BCUT2D eigenvalue weighted by Crippen LogP contribution is -2.51. The lowest BCUT2D eigenvalue weighted by atomic mass is 9.81. The summed E-state index contributed by atoms with van der Waals surface area (Å²) in [6, 6.07) is 10.2. The summed E-state index contributed by atoms with van der Waals surface area (Å²) >= 11 is 1.44. The Hall–Kier alpha value is -3.09. The van der Waals surface area contributed by atoms with E-state index in [1.54, 1.807) is 11.0 Å². The molecule has 0 radical (unpaired) electrons. The molecule has 1 atom stereocenters. The summed E-state index contributed by atoms with van der Waals surface area (Å²) < 4.78 is 50.6. The number of rotatable bonds is 13. The molecule has 2 aliphatic heterocycles. The van der Waals surface area contributed by atoms with Crippen LogP contribution in [0.2, 0.25) is 0 Å². The van der Waals surface area contributed by atoms with Gasteiger partial charge in [-0.3, -0.25) is 14.0 Å². The lowest BCUT2D eigenvalue weighted by Gasteiger charge is -2.35. The fourth-order valence-corrected chi connectivity index (χ4v) is 8.78. The molecule has 1 saturated heterocycles. The van der Waals surface area contributed by atoms with Gasteiger partial charge >= 0.3 is 5.97 Å². The molecule has 250 valence electrons. The number of likely N-dealkylation sites (tertiary alicyclic amines) is 1. The third-order valence-corrected chi connectivity index (χ3v) is 11.3. The van der Waals surface area contributed by atoms with Crippen LogP contribution < -0.4 is 10.0 Å². The number of thiazole rings is 1. The molecule has 9 nitrogen and oxygen atoms in total. The van der Waals surface area contributed by atoms with Crippen molar-refractivity contribution in [2.24, 2.45) is 11.3 Å². The molecule has 46 heavy (non-hydrogen) atoms. The van der Waals surface area contributed by atoms with Crippen molar-refractivity contribution in [3.8, 4) is 0 Å². The summed E-state index contributed by atoms with van der Waals surface area (Å²) in [6.45, 7) is 7.64. The van der Waals surface area contributed by atoms with Gasteiger partial charge in [-0.25, -0.2) is 13.4 Å². The normalized spacial score (nSPS) is 17.3. The SMILES string of the molecule is CCCOC(=O)CCc1cc2c(c(S(=O)(=O)N[C@@H](Cc3nc4ccccc4s3)C(=O)N3CCC(CCF)CC3)c1)NCC(C)(C)C2. The van der Waals surface area contributed by atoms with E-state index in [9.17, 15) is 22.4 Å². The van der Waals surface area contributed by atoms with Crippen molar-refractivity contribution in [1.29, 1.82) is 0 Å². The number of aryl methyl sites for hydroxylation is 1. The zero-order valence-corrected chi connectivity index (χ0v) is 28.6. The average molecular weight is 673 g/mol. The van der Waals surface area contributed by atoms with Crippen LogP contribution in [0.1, 0.15) is 69.0 Å². The summed E-state index contributed by atoms with van der Waals surface area (Å²) in [5.74, 6) is -0.408. The Morgan fingerprint density at radius 2 is 1.98 bits per heavy atom. The maximum Gasteiger partial charge on any atom is 0.306 e. The number of carbonyl (C=O) groups excluding carboxylic acids is 2. The average Bonchev–Trinajstić information content (AvgIpc) is 3.44. The molecule has 2 N–H and O–H groups in total. The van der Waals surface area contributed by atoms with Crippen molar-refractivity contribution in [3.63, 3.8) is 0 Å². The molecule has 0 spiro atoms. The molecule has 3 aromatic rings. The number of esters is 1. The fraction of sp³-hybridized carbons (Fsp3) is 0.559. The Balaban J connectivity index is 1.45. The highest BCUT2D eigenvalue weighted by molar-refractivity contribution is 7.89. The number of amides is 1. The third kappa shape index (κ3) is 8.43. The number of aromatic nitrogens is 1. The van der Waals surface area contributed by atoms with Gasteiger partial charge in [0.15, 0.2) is 0 Å². The highest BCUT2D eigenvalue weighted by Crippen LogP contribution is 2.38. The van der Waals surface area contributed by atoms with Gasteiger partial charge in [-0.2, -0.15) is 4.72 Å². The molecule has 0 saturated carbocycles. The fourth-order valence-electron chi connectivity index (χ4n) is 6.30. The number of carbonyl (C=O) groups is 2. The highest BCUT2D eigenvalue weighted by atomic mass is 32.2. The third-order valence-electron chi connectivity index (χ3n) is 8.79. The van der Waals surface area contributed by atoms with Crippen molar-refractivity contribution >= 4 is 49.1 Å². The highest BCUT2D eigenvalue weighted by Gasteiger charge is 2.36. The largest absolute Gasteiger partial charge is 0.466 e. The minimum atomic E-state index is -4.22. The van der Waals surface area contributed by atoms with Crippen LogP contribution >= 0.6 is 11.3 Å². The van der Waals surface area contributed by atoms with Gasteiger partial charge in [-0.15, -0.1) is 11.3 Å². The van der Waals surface area contributed by atoms with Crippen LogP contribution in [-0.4, -0.2) is 69.1 Å². The second kappa shape index (κ2) is 14.8. The number of hydrogen-bond donors (Lipinski definition) is 2. The number of nitrogens with zero attached hydrogens (tertiary/aromatic N) is 2. The number of fused-ring (bicyclic) bond motifs is 2. The van der Waals surface area contributed by atoms with Crippen LogP contribution in [0.15, 0.2) is 41.3 Å². The molecule has 0 bridgehead atoms. The predicted octanol–water partition coefficient (Wildman–Crippen LogP) is 5.66. The Morgan fingerprint density at radius 1 is 1.22 bits per heavy atom. The van der Waals surface area contributed by atoms with Crippen molar-refractivity contribution in [2.45, 2.75) is 83.1 Å². The molecule has 1 fully saturated rings. The van der Waals surface area contributed by atoms with Crippen molar-refractivity contribution in [2.75, 3.05) is 38.2 Å². The molecule has 12 heteroatoms. The number of hydrogen-bond acceptors (Lipinski definition) is 8. The summed E-state index contributed by atoms with van der Waals surface area (Å²) in [5, 5.41) is 4.01. The van der Waals surface area contributed by atoms with E-state index in [1.165, 1.54) is 11.3 Å². The summed E-state index contributed by atoms with van der Waals surface area (Å²) in [5.41, 5.74) is 2.81. The van der Waals surface area contributed by atoms with Crippen molar-refractivity contribution < 1.29 is 27.1 Å². The van der Waals surface area contributed by atoms with Gasteiger partial charge in [0.1, 0.15) is 10.9 Å². The van der Waals surface area contributed by atoms with Crippen LogP contribution in [0.25, 0.3) is 10.2 Å². The standard InChI is InChI=1S/C34H45FN4O5S2/c1-4-17-44-31(40)10-9-24-18-25-21-34(2,3)22-36-32(25)29(19-24)46(42,43)38-27(20-30-37-26-7-5-6-8-28(26)45-30)33(41)39-15-12-23(11-14-35)13-16-39/h5-8,18-19,23,27,36,38H,4,9-17,20-22H2,1-3H3/t27-/m0/s1. The molecular formula is C34H45FN4O5S2. The number of para-hydroxylation sites is 1. The van der Waals surface area contributed by atoms with Crippen molar-refractivity contribution in [1.82, 2.24) is 14.6 Å². The van der Waals surface area contributed by atoms with Crippen LogP contribution in [0.3, 0.4) is 0 Å². The first-order chi connectivity index (χ1) is 22.0. The Bertz CT molecular complexity index is 1620. The number of benzene rings is 2. The van der Waals surface area contributed by atoms with Gasteiger partial charge in [-0.05, 0) is 79.2 Å². The molecule has 3 heterocycles. The Kier molecular flexibility index (Phi) is 11.0. The molecule has 5 rings (SSSR count). The van der Waals surface area contributed by atoms with Gasteiger partial charge in [0.05, 0.1) is 34.2 Å². The Labute approximate surface area is 275 Å². The summed E-state index contributed by atoms with van der Waals surface area (Å²) in [7, 11) is -4.22. The van der Waals surface area contributed by atoms with Crippen LogP contribution in [0, 0.1) is 11.3 Å². The van der Waals surface area contributed by atoms with Crippen LogP contribution in [0.4, 0.5) is 10.1 Å². The number of anilines is 1. The van der Waals surface area contributed by atoms with E-state index >= 15 is 0 Å². The minimum Gasteiger partial charge on any atom is -0.466 e. The summed E-state index contributed by atoms with van der Waals surface area (Å²) in [6.07, 6.45) is 3.82. The molecule has 2 aromatic carbocycles. The van der Waals surface area contributed by atoms with Gasteiger partial charge < -0.3 is 15.0 Å². The monoisotopic (exact) mass is 672 g/mol. The maximum absolute atomic E-state index is 14.3. The number of ether oxygens (including phenoxy) is 1. The van der Waals surface area contributed by atoms with E-state index in [-0.39, 0.29) is 47.6 Å². The van der Waals surface area contributed by atoms with Crippen LogP contribution in [-0.2, 0) is 43.6 Å². The van der Waals surface area contributed by atoms with Crippen molar-refractivity contribution in [3.05, 3.63) is 52.5 Å². The molecular weight excluding hydrogens is 628 g/mol. The number of nitrogens with one attached hydrogen (secondary N) is 2. The first kappa shape index (κ1) is 34.3. The van der Waals surface area contributed by atoms with E-state index in [4.69, 9.17) is 9.72 Å². The summed E-state index contributed by atoms with van der Waals surface area (Å²) in [4.78, 5) is 32.8. The second-order valence-corrected chi connectivity index (χ2v) is 16.0. The zero-order chi connectivity index (χ0) is 32.9. The molecule has 0 unspecified atom stereocenters. The second-order valence-electron chi connectivity index (χ2n) is 13.2. The van der Waals surface area contributed by atoms with Gasteiger partial charge in [0.25, 0.3) is 0 Å². The number of piperidine rings is 1.